The molecule has 1 heterocycles. The van der Waals surface area contributed by atoms with Crippen LogP contribution in [-0.2, 0) is 11.2 Å². The first kappa shape index (κ1) is 14.7. The molecule has 2 aromatic carbocycles. The first-order chi connectivity index (χ1) is 10.7. The van der Waals surface area contributed by atoms with Crippen molar-refractivity contribution in [3.05, 3.63) is 71.3 Å². The zero-order valence-corrected chi connectivity index (χ0v) is 12.1. The fraction of sp³-hybridized carbons (Fsp3) is 0.278. The molecule has 1 aliphatic rings. The lowest BCUT2D eigenvalue weighted by Crippen LogP contribution is -2.24. The molecule has 0 saturated heterocycles. The van der Waals surface area contributed by atoms with Crippen molar-refractivity contribution in [2.75, 3.05) is 6.61 Å². The predicted molar refractivity (Wildman–Crippen MR) is 82.0 cm³/mol. The van der Waals surface area contributed by atoms with E-state index in [0.717, 1.165) is 19.3 Å². The minimum atomic E-state index is -0.637. The number of halogens is 2. The van der Waals surface area contributed by atoms with Crippen LogP contribution in [0.4, 0.5) is 8.78 Å². The van der Waals surface area contributed by atoms with Crippen LogP contribution in [-0.4, -0.2) is 18.5 Å². The van der Waals surface area contributed by atoms with Gasteiger partial charge in [0, 0.05) is 6.42 Å². The van der Waals surface area contributed by atoms with Gasteiger partial charge in [-0.15, -0.1) is 0 Å². The number of hydrogen-bond acceptors (Lipinski definition) is 2. The lowest BCUT2D eigenvalue weighted by Gasteiger charge is -2.22. The highest BCUT2D eigenvalue weighted by Crippen LogP contribution is 2.20. The Morgan fingerprint density at radius 3 is 2.45 bits per heavy atom. The third-order valence-electron chi connectivity index (χ3n) is 3.78. The van der Waals surface area contributed by atoms with E-state index < -0.39 is 11.6 Å². The van der Waals surface area contributed by atoms with Crippen molar-refractivity contribution in [2.45, 2.75) is 25.3 Å². The Hall–Kier alpha value is -2.23. The normalized spacial score (nSPS) is 17.7. The number of nitrogens with zero attached hydrogens (tertiary/aromatic N) is 1. The third-order valence-corrected chi connectivity index (χ3v) is 3.78. The van der Waals surface area contributed by atoms with Gasteiger partial charge < -0.3 is 4.74 Å². The summed E-state index contributed by atoms with van der Waals surface area (Å²) in [5, 5.41) is 0. The first-order valence-electron chi connectivity index (χ1n) is 7.43. The quantitative estimate of drug-likeness (QED) is 0.832. The Balaban J connectivity index is 1.75. The van der Waals surface area contributed by atoms with E-state index in [1.165, 1.54) is 23.8 Å². The van der Waals surface area contributed by atoms with E-state index in [0.29, 0.717) is 6.61 Å². The van der Waals surface area contributed by atoms with Crippen molar-refractivity contribution >= 4 is 5.90 Å². The summed E-state index contributed by atoms with van der Waals surface area (Å²) in [4.78, 5) is 4.40. The SMILES string of the molecule is Fc1cccc(F)c1C1=NC(CCc2ccccc2)CCO1. The Kier molecular flexibility index (Phi) is 4.47. The van der Waals surface area contributed by atoms with Crippen LogP contribution in [0, 0.1) is 11.6 Å². The van der Waals surface area contributed by atoms with Crippen molar-refractivity contribution in [1.82, 2.24) is 0 Å². The van der Waals surface area contributed by atoms with E-state index in [1.807, 2.05) is 18.2 Å². The summed E-state index contributed by atoms with van der Waals surface area (Å²) in [6, 6.07) is 13.9. The number of aryl methyl sites for hydroxylation is 1. The zero-order chi connectivity index (χ0) is 15.4. The van der Waals surface area contributed by atoms with Gasteiger partial charge in [-0.2, -0.15) is 0 Å². The van der Waals surface area contributed by atoms with Crippen molar-refractivity contribution in [1.29, 1.82) is 0 Å². The summed E-state index contributed by atoms with van der Waals surface area (Å²) < 4.78 is 33.0. The molecule has 0 N–H and O–H groups in total. The number of rotatable bonds is 4. The molecule has 3 rings (SSSR count). The second-order valence-corrected chi connectivity index (χ2v) is 5.35. The standard InChI is InChI=1S/C18H17F2NO/c19-15-7-4-8-16(20)17(15)18-21-14(11-12-22-18)10-9-13-5-2-1-3-6-13/h1-8,14H,9-12H2. The second kappa shape index (κ2) is 6.69. The van der Waals surface area contributed by atoms with Crippen molar-refractivity contribution in [3.63, 3.8) is 0 Å². The largest absolute Gasteiger partial charge is 0.477 e. The minimum absolute atomic E-state index is 0.0305. The molecule has 0 radical (unpaired) electrons. The summed E-state index contributed by atoms with van der Waals surface area (Å²) in [6.45, 7) is 0.437. The third kappa shape index (κ3) is 3.32. The molecule has 2 aromatic rings. The summed E-state index contributed by atoms with van der Waals surface area (Å²) in [5.41, 5.74) is 1.08. The maximum atomic E-state index is 13.8. The lowest BCUT2D eigenvalue weighted by molar-refractivity contribution is 0.255. The molecular weight excluding hydrogens is 284 g/mol. The molecule has 0 aliphatic carbocycles. The molecule has 114 valence electrons. The van der Waals surface area contributed by atoms with Gasteiger partial charge in [0.15, 0.2) is 0 Å². The molecule has 0 spiro atoms. The van der Waals surface area contributed by atoms with Gasteiger partial charge in [-0.3, -0.25) is 0 Å². The van der Waals surface area contributed by atoms with Gasteiger partial charge in [-0.1, -0.05) is 36.4 Å². The topological polar surface area (TPSA) is 21.6 Å². The lowest BCUT2D eigenvalue weighted by atomic mass is 10.0. The monoisotopic (exact) mass is 301 g/mol. The van der Waals surface area contributed by atoms with E-state index >= 15 is 0 Å². The van der Waals surface area contributed by atoms with E-state index in [9.17, 15) is 8.78 Å². The van der Waals surface area contributed by atoms with E-state index in [2.05, 4.69) is 17.1 Å². The summed E-state index contributed by atoms with van der Waals surface area (Å²) in [7, 11) is 0. The van der Waals surface area contributed by atoms with E-state index in [1.54, 1.807) is 0 Å². The average Bonchev–Trinajstić information content (AvgIpc) is 2.54. The fourth-order valence-corrected chi connectivity index (χ4v) is 2.58. The smallest absolute Gasteiger partial charge is 0.222 e. The van der Waals surface area contributed by atoms with Crippen LogP contribution in [0.3, 0.4) is 0 Å². The molecule has 2 nitrogen and oxygen atoms in total. The van der Waals surface area contributed by atoms with Gasteiger partial charge >= 0.3 is 0 Å². The van der Waals surface area contributed by atoms with Crippen LogP contribution in [0.1, 0.15) is 24.0 Å². The van der Waals surface area contributed by atoms with Crippen LogP contribution in [0.5, 0.6) is 0 Å². The maximum Gasteiger partial charge on any atom is 0.222 e. The van der Waals surface area contributed by atoms with Gasteiger partial charge in [-0.05, 0) is 30.5 Å². The van der Waals surface area contributed by atoms with Crippen LogP contribution < -0.4 is 0 Å². The highest BCUT2D eigenvalue weighted by Gasteiger charge is 2.22. The van der Waals surface area contributed by atoms with Gasteiger partial charge in [0.1, 0.15) is 17.2 Å². The maximum absolute atomic E-state index is 13.8. The average molecular weight is 301 g/mol. The van der Waals surface area contributed by atoms with Gasteiger partial charge in [-0.25, -0.2) is 13.8 Å². The molecule has 0 amide bonds. The number of aliphatic imine (C=N–C) groups is 1. The van der Waals surface area contributed by atoms with Crippen LogP contribution in [0.2, 0.25) is 0 Å². The summed E-state index contributed by atoms with van der Waals surface area (Å²) >= 11 is 0. The van der Waals surface area contributed by atoms with Crippen molar-refractivity contribution in [3.8, 4) is 0 Å². The molecule has 1 atom stereocenters. The fourth-order valence-electron chi connectivity index (χ4n) is 2.58. The number of hydrogen-bond donors (Lipinski definition) is 0. The van der Waals surface area contributed by atoms with Crippen molar-refractivity contribution < 1.29 is 13.5 Å². The van der Waals surface area contributed by atoms with Crippen LogP contribution in [0.25, 0.3) is 0 Å². The van der Waals surface area contributed by atoms with Crippen molar-refractivity contribution in [2.24, 2.45) is 4.99 Å². The molecular formula is C18H17F2NO. The Bertz CT molecular complexity index is 650. The Morgan fingerprint density at radius 1 is 1.00 bits per heavy atom. The van der Waals surface area contributed by atoms with Gasteiger partial charge in [0.25, 0.3) is 0 Å². The molecule has 4 heteroatoms. The van der Waals surface area contributed by atoms with Gasteiger partial charge in [0.05, 0.1) is 12.6 Å². The minimum Gasteiger partial charge on any atom is -0.477 e. The zero-order valence-electron chi connectivity index (χ0n) is 12.1. The molecule has 0 bridgehead atoms. The Morgan fingerprint density at radius 2 is 1.73 bits per heavy atom. The molecule has 22 heavy (non-hydrogen) atoms. The van der Waals surface area contributed by atoms with Gasteiger partial charge in [0.2, 0.25) is 5.90 Å². The summed E-state index contributed by atoms with van der Waals surface area (Å²) in [6.07, 6.45) is 2.50. The van der Waals surface area contributed by atoms with Crippen LogP contribution >= 0.6 is 0 Å². The molecule has 0 aromatic heterocycles. The predicted octanol–water partition coefficient (Wildman–Crippen LogP) is 4.13. The highest BCUT2D eigenvalue weighted by atomic mass is 19.1. The first-order valence-corrected chi connectivity index (χ1v) is 7.43. The highest BCUT2D eigenvalue weighted by molar-refractivity contribution is 5.95. The second-order valence-electron chi connectivity index (χ2n) is 5.35. The molecule has 1 aliphatic heterocycles. The van der Waals surface area contributed by atoms with E-state index in [4.69, 9.17) is 4.74 Å². The Labute approximate surface area is 128 Å². The summed E-state index contributed by atoms with van der Waals surface area (Å²) in [5.74, 6) is -1.19. The van der Waals surface area contributed by atoms with Crippen LogP contribution in [0.15, 0.2) is 53.5 Å². The number of benzene rings is 2. The van der Waals surface area contributed by atoms with E-state index in [-0.39, 0.29) is 17.5 Å². The number of ether oxygens (including phenoxy) is 1. The molecule has 0 fully saturated rings. The molecule has 1 unspecified atom stereocenters. The molecule has 0 saturated carbocycles.